The topological polar surface area (TPSA) is 43.4 Å². The molecule has 0 heterocycles. The van der Waals surface area contributed by atoms with Crippen LogP contribution in [-0.2, 0) is 14.3 Å². The van der Waals surface area contributed by atoms with Crippen molar-refractivity contribution in [3.05, 3.63) is 42.5 Å². The first-order valence-corrected chi connectivity index (χ1v) is 10.4. The second-order valence-corrected chi connectivity index (χ2v) is 7.81. The molecule has 0 atom stereocenters. The van der Waals surface area contributed by atoms with Crippen molar-refractivity contribution in [1.29, 1.82) is 0 Å². The standard InChI is InChI=1S/C20H28O3S.K/c1-2-3-4-5-6-7-8-11-17-23-24(21,22)20-16-12-14-18-13-9-10-15-19(18)20;/h9-10,12-16H,2-8,11,17H2,1H3;. The van der Waals surface area contributed by atoms with E-state index < -0.39 is 10.1 Å². The van der Waals surface area contributed by atoms with Gasteiger partial charge in [0.2, 0.25) is 0 Å². The van der Waals surface area contributed by atoms with Gasteiger partial charge >= 0.3 is 0 Å². The third-order valence-electron chi connectivity index (χ3n) is 4.26. The fourth-order valence-electron chi connectivity index (χ4n) is 2.88. The third kappa shape index (κ3) is 7.79. The zero-order valence-corrected chi connectivity index (χ0v) is 19.5. The van der Waals surface area contributed by atoms with Crippen molar-refractivity contribution < 1.29 is 12.6 Å². The summed E-state index contributed by atoms with van der Waals surface area (Å²) in [6, 6.07) is 12.8. The van der Waals surface area contributed by atoms with E-state index in [-0.39, 0.29) is 62.9 Å². The molecule has 25 heavy (non-hydrogen) atoms. The molecule has 0 amide bonds. The van der Waals surface area contributed by atoms with Crippen molar-refractivity contribution >= 4 is 72.3 Å². The van der Waals surface area contributed by atoms with E-state index in [1.165, 1.54) is 32.1 Å². The van der Waals surface area contributed by atoms with Gasteiger partial charge in [0.1, 0.15) is 4.90 Å². The van der Waals surface area contributed by atoms with Gasteiger partial charge in [-0.05, 0) is 17.9 Å². The van der Waals surface area contributed by atoms with Crippen molar-refractivity contribution in [2.75, 3.05) is 6.61 Å². The van der Waals surface area contributed by atoms with Gasteiger partial charge in [0.05, 0.1) is 6.61 Å². The monoisotopic (exact) mass is 387 g/mol. The zero-order chi connectivity index (χ0) is 17.3. The van der Waals surface area contributed by atoms with E-state index in [4.69, 9.17) is 4.18 Å². The Morgan fingerprint density at radius 2 is 1.40 bits per heavy atom. The Bertz CT molecular complexity index is 723. The van der Waals surface area contributed by atoms with Gasteiger partial charge in [-0.2, -0.15) is 8.42 Å². The molecule has 0 bridgehead atoms. The summed E-state index contributed by atoms with van der Waals surface area (Å²) in [5.74, 6) is 0. The molecule has 0 aliphatic rings. The van der Waals surface area contributed by atoms with Crippen LogP contribution in [0.1, 0.15) is 58.3 Å². The first-order valence-electron chi connectivity index (χ1n) is 9.02. The van der Waals surface area contributed by atoms with Gasteiger partial charge in [-0.1, -0.05) is 88.3 Å². The number of benzene rings is 2. The van der Waals surface area contributed by atoms with Crippen LogP contribution in [0, 0.1) is 0 Å². The van der Waals surface area contributed by atoms with Crippen LogP contribution in [0.5, 0.6) is 0 Å². The van der Waals surface area contributed by atoms with E-state index in [0.717, 1.165) is 30.0 Å². The van der Waals surface area contributed by atoms with E-state index in [1.807, 2.05) is 30.3 Å². The molecule has 0 aliphatic heterocycles. The molecule has 0 aliphatic carbocycles. The Morgan fingerprint density at radius 1 is 0.800 bits per heavy atom. The van der Waals surface area contributed by atoms with E-state index in [2.05, 4.69) is 6.92 Å². The number of hydrogen-bond donors (Lipinski definition) is 0. The molecule has 0 fully saturated rings. The van der Waals surface area contributed by atoms with Crippen LogP contribution >= 0.6 is 0 Å². The minimum absolute atomic E-state index is 0. The Morgan fingerprint density at radius 3 is 2.12 bits per heavy atom. The quantitative estimate of drug-likeness (QED) is 0.298. The van der Waals surface area contributed by atoms with Gasteiger partial charge in [-0.3, -0.25) is 4.18 Å². The molecule has 0 unspecified atom stereocenters. The maximum absolute atomic E-state index is 12.4. The SMILES string of the molecule is CCCCCCCCCCOS(=O)(=O)c1cccc2ccccc12.[K]. The van der Waals surface area contributed by atoms with Gasteiger partial charge in [0.15, 0.2) is 0 Å². The zero-order valence-electron chi connectivity index (χ0n) is 15.5. The molecule has 133 valence electrons. The van der Waals surface area contributed by atoms with Gasteiger partial charge in [-0.15, -0.1) is 0 Å². The summed E-state index contributed by atoms with van der Waals surface area (Å²) in [6.07, 6.45) is 9.37. The third-order valence-corrected chi connectivity index (χ3v) is 5.63. The molecule has 1 radical (unpaired) electrons. The summed E-state index contributed by atoms with van der Waals surface area (Å²) >= 11 is 0. The predicted octanol–water partition coefficient (Wildman–Crippen LogP) is 5.31. The Balaban J connectivity index is 0.00000312. The average molecular weight is 388 g/mol. The normalized spacial score (nSPS) is 11.4. The first-order chi connectivity index (χ1) is 11.6. The van der Waals surface area contributed by atoms with Crippen molar-refractivity contribution in [3.63, 3.8) is 0 Å². The van der Waals surface area contributed by atoms with Crippen LogP contribution in [0.25, 0.3) is 10.8 Å². The molecule has 0 spiro atoms. The molecular weight excluding hydrogens is 359 g/mol. The molecule has 0 aromatic heterocycles. The maximum atomic E-state index is 12.4. The van der Waals surface area contributed by atoms with Crippen molar-refractivity contribution in [2.45, 2.75) is 63.2 Å². The molecule has 3 nitrogen and oxygen atoms in total. The molecule has 0 saturated carbocycles. The number of fused-ring (bicyclic) bond motifs is 1. The van der Waals surface area contributed by atoms with E-state index in [9.17, 15) is 8.42 Å². The van der Waals surface area contributed by atoms with Crippen molar-refractivity contribution in [1.82, 2.24) is 0 Å². The Kier molecular flexibility index (Phi) is 11.7. The Hall–Kier alpha value is 0.246. The molecule has 2 aromatic carbocycles. The summed E-state index contributed by atoms with van der Waals surface area (Å²) in [6.45, 7) is 2.48. The minimum Gasteiger partial charge on any atom is -0.266 e. The molecular formula is C20H28KO3S. The fourth-order valence-corrected chi connectivity index (χ4v) is 4.05. The molecule has 2 aromatic rings. The Labute approximate surface area is 195 Å². The number of unbranched alkanes of at least 4 members (excludes halogenated alkanes) is 7. The summed E-state index contributed by atoms with van der Waals surface area (Å²) in [4.78, 5) is 0.264. The van der Waals surface area contributed by atoms with Crippen molar-refractivity contribution in [2.24, 2.45) is 0 Å². The summed E-state index contributed by atoms with van der Waals surface area (Å²) in [7, 11) is -3.69. The molecule has 0 N–H and O–H groups in total. The van der Waals surface area contributed by atoms with E-state index in [0.29, 0.717) is 0 Å². The number of rotatable bonds is 11. The van der Waals surface area contributed by atoms with Crippen LogP contribution < -0.4 is 0 Å². The average Bonchev–Trinajstić information content (AvgIpc) is 2.59. The van der Waals surface area contributed by atoms with Crippen molar-refractivity contribution in [3.8, 4) is 0 Å². The second kappa shape index (κ2) is 12.6. The largest absolute Gasteiger partial charge is 0.297 e. The minimum atomic E-state index is -3.69. The predicted molar refractivity (Wildman–Crippen MR) is 105 cm³/mol. The van der Waals surface area contributed by atoms with Gasteiger partial charge in [0, 0.05) is 56.8 Å². The van der Waals surface area contributed by atoms with Gasteiger partial charge in [0.25, 0.3) is 10.1 Å². The molecule has 0 saturated heterocycles. The van der Waals surface area contributed by atoms with Crippen LogP contribution in [-0.4, -0.2) is 66.4 Å². The van der Waals surface area contributed by atoms with Crippen LogP contribution in [0.2, 0.25) is 0 Å². The number of hydrogen-bond acceptors (Lipinski definition) is 3. The van der Waals surface area contributed by atoms with Crippen LogP contribution in [0.15, 0.2) is 47.4 Å². The van der Waals surface area contributed by atoms with E-state index in [1.54, 1.807) is 12.1 Å². The maximum Gasteiger partial charge on any atom is 0.297 e. The second-order valence-electron chi connectivity index (χ2n) is 6.23. The summed E-state index contributed by atoms with van der Waals surface area (Å²) < 4.78 is 30.1. The van der Waals surface area contributed by atoms with Crippen LogP contribution in [0.4, 0.5) is 0 Å². The van der Waals surface area contributed by atoms with E-state index >= 15 is 0 Å². The van der Waals surface area contributed by atoms with Crippen LogP contribution in [0.3, 0.4) is 0 Å². The smallest absolute Gasteiger partial charge is 0.266 e. The molecule has 2 rings (SSSR count). The summed E-state index contributed by atoms with van der Waals surface area (Å²) in [5.41, 5.74) is 0. The van der Waals surface area contributed by atoms with Gasteiger partial charge in [-0.25, -0.2) is 0 Å². The molecule has 5 heteroatoms. The fraction of sp³-hybridized carbons (Fsp3) is 0.500. The first kappa shape index (κ1) is 23.3. The summed E-state index contributed by atoms with van der Waals surface area (Å²) in [5, 5.41) is 1.63. The van der Waals surface area contributed by atoms with Gasteiger partial charge < -0.3 is 0 Å².